The topological polar surface area (TPSA) is 139 Å². The second-order valence-electron chi connectivity index (χ2n) is 13.6. The SMILES string of the molecule is NCCc1ncc[nH]1.O=C(c1ccc(CN(Cc2ncc[nH]2)Cc2ncc[nH]2)cc1)N1CCC2(CCN(C3CCCCCC3)CC2)C1. The molecule has 7 rings (SSSR count). The van der Waals surface area contributed by atoms with Crippen LogP contribution in [0.2, 0.25) is 0 Å². The van der Waals surface area contributed by atoms with Gasteiger partial charge in [-0.15, -0.1) is 0 Å². The number of hydrogen-bond acceptors (Lipinski definition) is 7. The maximum Gasteiger partial charge on any atom is 0.253 e. The van der Waals surface area contributed by atoms with E-state index in [0.29, 0.717) is 25.0 Å². The molecule has 1 saturated carbocycles. The van der Waals surface area contributed by atoms with Crippen molar-refractivity contribution < 1.29 is 4.79 Å². The normalized spacial score (nSPS) is 18.7. The Balaban J connectivity index is 0.000000424. The van der Waals surface area contributed by atoms with Gasteiger partial charge in [-0.2, -0.15) is 0 Å². The number of carbonyl (C=O) groups is 1. The first-order valence-electron chi connectivity index (χ1n) is 17.6. The van der Waals surface area contributed by atoms with E-state index in [1.54, 1.807) is 24.8 Å². The first-order chi connectivity index (χ1) is 23.1. The van der Waals surface area contributed by atoms with Crippen LogP contribution in [0.4, 0.5) is 0 Å². The number of aromatic amines is 3. The zero-order chi connectivity index (χ0) is 32.3. The van der Waals surface area contributed by atoms with Crippen LogP contribution in [0.5, 0.6) is 0 Å². The van der Waals surface area contributed by atoms with E-state index < -0.39 is 0 Å². The first-order valence-corrected chi connectivity index (χ1v) is 17.6. The number of imidazole rings is 3. The van der Waals surface area contributed by atoms with E-state index in [1.165, 1.54) is 70.0 Å². The lowest BCUT2D eigenvalue weighted by atomic mass is 9.77. The third-order valence-electron chi connectivity index (χ3n) is 10.3. The number of amides is 1. The number of benzene rings is 1. The average Bonchev–Trinajstić information content (AvgIpc) is 3.92. The highest BCUT2D eigenvalue weighted by atomic mass is 16.2. The van der Waals surface area contributed by atoms with Crippen molar-refractivity contribution >= 4 is 5.91 Å². The Bertz CT molecular complexity index is 1400. The molecule has 0 bridgehead atoms. The van der Waals surface area contributed by atoms with Crippen LogP contribution in [-0.2, 0) is 26.1 Å². The molecular formula is C36H52N10O. The van der Waals surface area contributed by atoms with E-state index in [4.69, 9.17) is 5.73 Å². The van der Waals surface area contributed by atoms with E-state index in [1.807, 2.05) is 24.5 Å². The fourth-order valence-electron chi connectivity index (χ4n) is 7.63. The summed E-state index contributed by atoms with van der Waals surface area (Å²) in [5.41, 5.74) is 7.56. The summed E-state index contributed by atoms with van der Waals surface area (Å²) in [5, 5.41) is 0. The molecule has 5 N–H and O–H groups in total. The van der Waals surface area contributed by atoms with Crippen LogP contribution < -0.4 is 5.73 Å². The Hall–Kier alpha value is -3.80. The predicted molar refractivity (Wildman–Crippen MR) is 183 cm³/mol. The van der Waals surface area contributed by atoms with Gasteiger partial charge in [0, 0.05) is 74.8 Å². The number of nitrogens with two attached hydrogens (primary N) is 1. The summed E-state index contributed by atoms with van der Waals surface area (Å²) in [7, 11) is 0. The van der Waals surface area contributed by atoms with Crippen LogP contribution in [0.25, 0.3) is 0 Å². The maximum atomic E-state index is 13.5. The molecule has 1 aliphatic carbocycles. The van der Waals surface area contributed by atoms with Gasteiger partial charge in [0.2, 0.25) is 0 Å². The highest BCUT2D eigenvalue weighted by Crippen LogP contribution is 2.42. The summed E-state index contributed by atoms with van der Waals surface area (Å²) in [6, 6.07) is 9.02. The number of H-pyrrole nitrogens is 3. The third-order valence-corrected chi connectivity index (χ3v) is 10.3. The number of hydrogen-bond donors (Lipinski definition) is 4. The van der Waals surface area contributed by atoms with Crippen LogP contribution in [-0.4, -0.2) is 89.3 Å². The third kappa shape index (κ3) is 9.18. The molecule has 0 atom stereocenters. The van der Waals surface area contributed by atoms with E-state index in [0.717, 1.165) is 61.6 Å². The van der Waals surface area contributed by atoms with Crippen LogP contribution in [0, 0.1) is 5.41 Å². The number of rotatable bonds is 10. The van der Waals surface area contributed by atoms with Crippen molar-refractivity contribution in [3.8, 4) is 0 Å². The van der Waals surface area contributed by atoms with Crippen molar-refractivity contribution in [3.05, 3.63) is 90.0 Å². The molecule has 2 aliphatic heterocycles. The Morgan fingerprint density at radius 1 is 0.787 bits per heavy atom. The largest absolute Gasteiger partial charge is 0.349 e. The minimum Gasteiger partial charge on any atom is -0.349 e. The molecule has 11 heteroatoms. The zero-order valence-electron chi connectivity index (χ0n) is 27.7. The maximum absolute atomic E-state index is 13.5. The molecule has 1 amide bonds. The van der Waals surface area contributed by atoms with Crippen LogP contribution in [0.15, 0.2) is 61.4 Å². The van der Waals surface area contributed by atoms with Gasteiger partial charge in [0.25, 0.3) is 5.91 Å². The van der Waals surface area contributed by atoms with Crippen molar-refractivity contribution in [2.75, 3.05) is 32.7 Å². The monoisotopic (exact) mass is 640 g/mol. The van der Waals surface area contributed by atoms with Crippen LogP contribution >= 0.6 is 0 Å². The predicted octanol–water partition coefficient (Wildman–Crippen LogP) is 4.90. The standard InChI is InChI=1S/C31H43N7O.C5H9N3/c39-30(38-20-13-31(24-38)11-18-37(19-12-31)27-5-3-1-2-4-6-27)26-9-7-25(8-10-26)21-36(22-28-32-14-15-33-28)23-29-34-16-17-35-29;6-2-1-5-7-3-4-8-5/h7-10,14-17,27H,1-6,11-13,18-24H2,(H,32,33)(H,34,35);3-4H,1-2,6H2,(H,7,8). The first kappa shape index (κ1) is 33.1. The number of carbonyl (C=O) groups excluding carboxylic acids is 1. The second kappa shape index (κ2) is 16.3. The van der Waals surface area contributed by atoms with Gasteiger partial charge in [0.1, 0.15) is 17.5 Å². The summed E-state index contributed by atoms with van der Waals surface area (Å²) < 4.78 is 0. The minimum absolute atomic E-state index is 0.188. The smallest absolute Gasteiger partial charge is 0.253 e. The molecule has 0 radical (unpaired) electrons. The molecule has 252 valence electrons. The fourth-order valence-corrected chi connectivity index (χ4v) is 7.63. The number of piperidine rings is 1. The summed E-state index contributed by atoms with van der Waals surface area (Å²) >= 11 is 0. The molecule has 4 aromatic rings. The van der Waals surface area contributed by atoms with Gasteiger partial charge in [-0.3, -0.25) is 9.69 Å². The number of likely N-dealkylation sites (tertiary alicyclic amines) is 2. The molecule has 1 aromatic carbocycles. The number of aromatic nitrogens is 6. The van der Waals surface area contributed by atoms with Crippen molar-refractivity contribution in [1.29, 1.82) is 0 Å². The lowest BCUT2D eigenvalue weighted by Gasteiger charge is -2.42. The molecule has 1 spiro atoms. The molecule has 3 aliphatic rings. The Morgan fingerprint density at radius 3 is 1.91 bits per heavy atom. The number of nitrogens with zero attached hydrogens (tertiary/aromatic N) is 6. The van der Waals surface area contributed by atoms with Gasteiger partial charge in [-0.05, 0) is 74.8 Å². The lowest BCUT2D eigenvalue weighted by Crippen LogP contribution is -2.46. The molecule has 2 saturated heterocycles. The summed E-state index contributed by atoms with van der Waals surface area (Å²) in [6.45, 7) is 7.05. The molecule has 47 heavy (non-hydrogen) atoms. The zero-order valence-corrected chi connectivity index (χ0v) is 27.7. The number of nitrogens with one attached hydrogen (secondary N) is 3. The fraction of sp³-hybridized carbons (Fsp3) is 0.556. The Morgan fingerprint density at radius 2 is 1.36 bits per heavy atom. The van der Waals surface area contributed by atoms with Gasteiger partial charge < -0.3 is 30.5 Å². The van der Waals surface area contributed by atoms with Gasteiger partial charge in [-0.25, -0.2) is 15.0 Å². The minimum atomic E-state index is 0.188. The molecule has 3 aromatic heterocycles. The average molecular weight is 641 g/mol. The summed E-state index contributed by atoms with van der Waals surface area (Å²) in [4.78, 5) is 42.8. The van der Waals surface area contributed by atoms with Gasteiger partial charge in [0.05, 0.1) is 13.1 Å². The van der Waals surface area contributed by atoms with E-state index in [2.05, 4.69) is 56.7 Å². The molecule has 11 nitrogen and oxygen atoms in total. The Kier molecular flexibility index (Phi) is 11.5. The van der Waals surface area contributed by atoms with Crippen molar-refractivity contribution in [1.82, 2.24) is 44.6 Å². The van der Waals surface area contributed by atoms with E-state index in [9.17, 15) is 4.79 Å². The van der Waals surface area contributed by atoms with Crippen molar-refractivity contribution in [3.63, 3.8) is 0 Å². The van der Waals surface area contributed by atoms with E-state index >= 15 is 0 Å². The highest BCUT2D eigenvalue weighted by molar-refractivity contribution is 5.94. The van der Waals surface area contributed by atoms with Gasteiger partial charge in [0.15, 0.2) is 0 Å². The summed E-state index contributed by atoms with van der Waals surface area (Å²) in [5.74, 6) is 3.01. The lowest BCUT2D eigenvalue weighted by molar-refractivity contribution is 0.0616. The van der Waals surface area contributed by atoms with Crippen LogP contribution in [0.3, 0.4) is 0 Å². The van der Waals surface area contributed by atoms with Crippen molar-refractivity contribution in [2.24, 2.45) is 11.1 Å². The summed E-state index contributed by atoms with van der Waals surface area (Å²) in [6.07, 6.45) is 23.7. The van der Waals surface area contributed by atoms with E-state index in [-0.39, 0.29) is 5.91 Å². The molecule has 0 unspecified atom stereocenters. The van der Waals surface area contributed by atoms with Crippen molar-refractivity contribution in [2.45, 2.75) is 89.9 Å². The second-order valence-corrected chi connectivity index (χ2v) is 13.6. The molecule has 3 fully saturated rings. The quantitative estimate of drug-likeness (QED) is 0.181. The molecular weight excluding hydrogens is 588 g/mol. The molecule has 5 heterocycles. The highest BCUT2D eigenvalue weighted by Gasteiger charge is 2.43. The van der Waals surface area contributed by atoms with Crippen LogP contribution in [0.1, 0.15) is 91.2 Å². The van der Waals surface area contributed by atoms with Gasteiger partial charge in [-0.1, -0.05) is 37.8 Å². The Labute approximate surface area is 278 Å². The van der Waals surface area contributed by atoms with Gasteiger partial charge >= 0.3 is 0 Å².